The molecule has 1 fully saturated rings. The molecule has 0 radical (unpaired) electrons. The Bertz CT molecular complexity index is 124. The third-order valence-corrected chi connectivity index (χ3v) is 2.63. The van der Waals surface area contributed by atoms with E-state index in [1.165, 1.54) is 31.3 Å². The Kier molecular flexibility index (Phi) is 2.53. The van der Waals surface area contributed by atoms with Crippen molar-refractivity contribution in [1.82, 2.24) is 0 Å². The van der Waals surface area contributed by atoms with Gasteiger partial charge in [-0.15, -0.1) is 0 Å². The first kappa shape index (κ1) is 7.84. The van der Waals surface area contributed by atoms with Crippen molar-refractivity contribution in [2.24, 2.45) is 11.8 Å². The Balaban J connectivity index is 2.39. The molecule has 0 heterocycles. The van der Waals surface area contributed by atoms with Crippen LogP contribution in [-0.2, 0) is 0 Å². The molecule has 0 N–H and O–H groups in total. The SMILES string of the molecule is C=C(C)[C@H]1CCCC(C)C1. The minimum atomic E-state index is 0.837. The first-order valence-corrected chi connectivity index (χ1v) is 4.35. The molecule has 1 aliphatic rings. The second-order valence-electron chi connectivity index (χ2n) is 3.82. The Morgan fingerprint density at radius 3 is 2.50 bits per heavy atom. The molecule has 0 aromatic heterocycles. The molecule has 0 nitrogen and oxygen atoms in total. The molecule has 0 saturated heterocycles. The van der Waals surface area contributed by atoms with Gasteiger partial charge in [0.25, 0.3) is 0 Å². The molecule has 0 bridgehead atoms. The molecule has 2 atom stereocenters. The fourth-order valence-electron chi connectivity index (χ4n) is 1.88. The Morgan fingerprint density at radius 1 is 1.40 bits per heavy atom. The highest BCUT2D eigenvalue weighted by molar-refractivity contribution is 4.97. The van der Waals surface area contributed by atoms with E-state index in [1.807, 2.05) is 0 Å². The van der Waals surface area contributed by atoms with Gasteiger partial charge in [-0.3, -0.25) is 0 Å². The van der Waals surface area contributed by atoms with E-state index in [0.29, 0.717) is 0 Å². The summed E-state index contributed by atoms with van der Waals surface area (Å²) in [5.74, 6) is 1.78. The maximum Gasteiger partial charge on any atom is -0.0206 e. The third kappa shape index (κ3) is 1.86. The van der Waals surface area contributed by atoms with Gasteiger partial charge >= 0.3 is 0 Å². The molecular formula is C10H18. The molecule has 1 aliphatic carbocycles. The highest BCUT2D eigenvalue weighted by Gasteiger charge is 2.18. The van der Waals surface area contributed by atoms with Crippen molar-refractivity contribution in [2.75, 3.05) is 0 Å². The van der Waals surface area contributed by atoms with Crippen LogP contribution in [0.4, 0.5) is 0 Å². The molecule has 0 aromatic carbocycles. The largest absolute Gasteiger partial charge is 0.0999 e. The zero-order valence-electron chi connectivity index (χ0n) is 7.19. The predicted molar refractivity (Wildman–Crippen MR) is 45.9 cm³/mol. The molecule has 10 heavy (non-hydrogen) atoms. The molecule has 0 heteroatoms. The number of hydrogen-bond donors (Lipinski definition) is 0. The maximum absolute atomic E-state index is 4.01. The van der Waals surface area contributed by atoms with Crippen molar-refractivity contribution in [1.29, 1.82) is 0 Å². The second-order valence-corrected chi connectivity index (χ2v) is 3.82. The van der Waals surface area contributed by atoms with Gasteiger partial charge in [0.15, 0.2) is 0 Å². The van der Waals surface area contributed by atoms with Gasteiger partial charge in [-0.05, 0) is 31.6 Å². The van der Waals surface area contributed by atoms with E-state index < -0.39 is 0 Å². The van der Waals surface area contributed by atoms with Crippen LogP contribution in [0.2, 0.25) is 0 Å². The molecule has 58 valence electrons. The summed E-state index contributed by atoms with van der Waals surface area (Å²) < 4.78 is 0. The average molecular weight is 138 g/mol. The van der Waals surface area contributed by atoms with Crippen LogP contribution in [0.25, 0.3) is 0 Å². The van der Waals surface area contributed by atoms with Crippen LogP contribution in [0.5, 0.6) is 0 Å². The first-order chi connectivity index (χ1) is 4.70. The Morgan fingerprint density at radius 2 is 2.10 bits per heavy atom. The lowest BCUT2D eigenvalue weighted by molar-refractivity contribution is 0.315. The normalized spacial score (nSPS) is 33.8. The lowest BCUT2D eigenvalue weighted by Crippen LogP contribution is -2.13. The van der Waals surface area contributed by atoms with Gasteiger partial charge < -0.3 is 0 Å². The van der Waals surface area contributed by atoms with Crippen molar-refractivity contribution in [3.05, 3.63) is 12.2 Å². The molecule has 0 aliphatic heterocycles. The van der Waals surface area contributed by atoms with Crippen molar-refractivity contribution in [3.63, 3.8) is 0 Å². The summed E-state index contributed by atoms with van der Waals surface area (Å²) in [5.41, 5.74) is 1.39. The van der Waals surface area contributed by atoms with E-state index >= 15 is 0 Å². The average Bonchev–Trinajstić information content (AvgIpc) is 1.88. The van der Waals surface area contributed by atoms with Gasteiger partial charge in [0.1, 0.15) is 0 Å². The molecule has 0 amide bonds. The van der Waals surface area contributed by atoms with Crippen molar-refractivity contribution < 1.29 is 0 Å². The van der Waals surface area contributed by atoms with Crippen LogP contribution in [0.1, 0.15) is 39.5 Å². The van der Waals surface area contributed by atoms with Crippen LogP contribution in [0, 0.1) is 11.8 Å². The first-order valence-electron chi connectivity index (χ1n) is 4.35. The molecule has 0 spiro atoms. The van der Waals surface area contributed by atoms with Crippen LogP contribution < -0.4 is 0 Å². The monoisotopic (exact) mass is 138 g/mol. The van der Waals surface area contributed by atoms with Gasteiger partial charge in [-0.1, -0.05) is 31.9 Å². The predicted octanol–water partition coefficient (Wildman–Crippen LogP) is 3.39. The van der Waals surface area contributed by atoms with Gasteiger partial charge in [0.05, 0.1) is 0 Å². The quantitative estimate of drug-likeness (QED) is 0.487. The molecule has 1 unspecified atom stereocenters. The topological polar surface area (TPSA) is 0 Å². The van der Waals surface area contributed by atoms with Crippen molar-refractivity contribution >= 4 is 0 Å². The minimum Gasteiger partial charge on any atom is -0.0999 e. The van der Waals surface area contributed by atoms with E-state index in [4.69, 9.17) is 0 Å². The standard InChI is InChI=1S/C10H18/c1-8(2)10-6-4-5-9(3)7-10/h9-10H,1,4-7H2,2-3H3/t9?,10-/m0/s1. The third-order valence-electron chi connectivity index (χ3n) is 2.63. The summed E-state index contributed by atoms with van der Waals surface area (Å²) in [6, 6.07) is 0. The highest BCUT2D eigenvalue weighted by Crippen LogP contribution is 2.32. The van der Waals surface area contributed by atoms with E-state index in [9.17, 15) is 0 Å². The molecular weight excluding hydrogens is 120 g/mol. The summed E-state index contributed by atoms with van der Waals surface area (Å²) in [5, 5.41) is 0. The number of rotatable bonds is 1. The molecule has 1 saturated carbocycles. The summed E-state index contributed by atoms with van der Waals surface area (Å²) in [4.78, 5) is 0. The van der Waals surface area contributed by atoms with E-state index in [-0.39, 0.29) is 0 Å². The van der Waals surface area contributed by atoms with E-state index in [0.717, 1.165) is 11.8 Å². The zero-order valence-corrected chi connectivity index (χ0v) is 7.19. The Labute approximate surface area is 64.3 Å². The Hall–Kier alpha value is -0.260. The second kappa shape index (κ2) is 3.23. The maximum atomic E-state index is 4.01. The summed E-state index contributed by atoms with van der Waals surface area (Å²) in [6.45, 7) is 8.54. The fraction of sp³-hybridized carbons (Fsp3) is 0.800. The lowest BCUT2D eigenvalue weighted by Gasteiger charge is -2.26. The summed E-state index contributed by atoms with van der Waals surface area (Å²) in [7, 11) is 0. The van der Waals surface area contributed by atoms with E-state index in [2.05, 4.69) is 20.4 Å². The van der Waals surface area contributed by atoms with E-state index in [1.54, 1.807) is 0 Å². The van der Waals surface area contributed by atoms with Crippen LogP contribution in [0.15, 0.2) is 12.2 Å². The zero-order chi connectivity index (χ0) is 7.56. The highest BCUT2D eigenvalue weighted by atomic mass is 14.2. The molecule has 1 rings (SSSR count). The number of allylic oxidation sites excluding steroid dienone is 1. The number of hydrogen-bond acceptors (Lipinski definition) is 0. The van der Waals surface area contributed by atoms with Crippen molar-refractivity contribution in [3.8, 4) is 0 Å². The van der Waals surface area contributed by atoms with Gasteiger partial charge in [-0.25, -0.2) is 0 Å². The van der Waals surface area contributed by atoms with Crippen LogP contribution in [0.3, 0.4) is 0 Å². The van der Waals surface area contributed by atoms with Crippen LogP contribution >= 0.6 is 0 Å². The van der Waals surface area contributed by atoms with Gasteiger partial charge in [0.2, 0.25) is 0 Å². The van der Waals surface area contributed by atoms with Crippen LogP contribution in [-0.4, -0.2) is 0 Å². The molecule has 0 aromatic rings. The van der Waals surface area contributed by atoms with Gasteiger partial charge in [-0.2, -0.15) is 0 Å². The summed E-state index contributed by atoms with van der Waals surface area (Å²) in [6.07, 6.45) is 5.62. The minimum absolute atomic E-state index is 0.837. The van der Waals surface area contributed by atoms with Gasteiger partial charge in [0, 0.05) is 0 Å². The summed E-state index contributed by atoms with van der Waals surface area (Å²) >= 11 is 0. The lowest BCUT2D eigenvalue weighted by atomic mass is 9.79. The fourth-order valence-corrected chi connectivity index (χ4v) is 1.88. The van der Waals surface area contributed by atoms with Crippen molar-refractivity contribution in [2.45, 2.75) is 39.5 Å². The smallest absolute Gasteiger partial charge is 0.0206 e.